The third-order valence-corrected chi connectivity index (χ3v) is 5.72. The van der Waals surface area contributed by atoms with Gasteiger partial charge in [-0.1, -0.05) is 18.2 Å². The normalized spacial score (nSPS) is 31.4. The predicted octanol–water partition coefficient (Wildman–Crippen LogP) is 1.42. The van der Waals surface area contributed by atoms with E-state index in [1.807, 2.05) is 30.3 Å². The molecule has 19 heavy (non-hydrogen) atoms. The highest BCUT2D eigenvalue weighted by atomic mass is 32.2. The predicted molar refractivity (Wildman–Crippen MR) is 73.1 cm³/mol. The average molecular weight is 281 g/mol. The van der Waals surface area contributed by atoms with Crippen molar-refractivity contribution in [1.29, 1.82) is 0 Å². The number of benzene rings is 1. The summed E-state index contributed by atoms with van der Waals surface area (Å²) in [6, 6.07) is 9.45. The van der Waals surface area contributed by atoms with Gasteiger partial charge in [0.25, 0.3) is 0 Å². The van der Waals surface area contributed by atoms with Crippen LogP contribution in [0.5, 0.6) is 0 Å². The Hall–Kier alpha value is -0.750. The van der Waals surface area contributed by atoms with Crippen LogP contribution in [0.25, 0.3) is 0 Å². The van der Waals surface area contributed by atoms with Gasteiger partial charge in [0.2, 0.25) is 0 Å². The molecule has 1 aliphatic carbocycles. The average Bonchev–Trinajstić information content (AvgIpc) is 2.90. The van der Waals surface area contributed by atoms with Crippen LogP contribution in [0.3, 0.4) is 0 Å². The van der Waals surface area contributed by atoms with Crippen LogP contribution in [0.1, 0.15) is 19.3 Å². The van der Waals surface area contributed by atoms with Gasteiger partial charge in [-0.25, -0.2) is 0 Å². The Morgan fingerprint density at radius 1 is 1.21 bits per heavy atom. The molecule has 5 heteroatoms. The van der Waals surface area contributed by atoms with E-state index in [2.05, 4.69) is 0 Å². The zero-order chi connectivity index (χ0) is 13.3. The summed E-state index contributed by atoms with van der Waals surface area (Å²) in [5, 5.41) is -0.103. The highest BCUT2D eigenvalue weighted by Crippen LogP contribution is 2.38. The number of ether oxygens (including phenoxy) is 2. The van der Waals surface area contributed by atoms with Gasteiger partial charge in [-0.2, -0.15) is 0 Å². The Morgan fingerprint density at radius 3 is 2.58 bits per heavy atom. The Kier molecular flexibility index (Phi) is 3.71. The molecule has 1 saturated carbocycles. The maximum atomic E-state index is 12.7. The SMILES string of the molecule is NC1CCC2(CC1S(=O)c1ccccc1)OCCO2. The van der Waals surface area contributed by atoms with E-state index in [0.29, 0.717) is 19.6 Å². The molecule has 1 aromatic carbocycles. The van der Waals surface area contributed by atoms with E-state index in [1.54, 1.807) is 0 Å². The Morgan fingerprint density at radius 2 is 1.89 bits per heavy atom. The summed E-state index contributed by atoms with van der Waals surface area (Å²) in [5.41, 5.74) is 6.16. The summed E-state index contributed by atoms with van der Waals surface area (Å²) >= 11 is 0. The zero-order valence-corrected chi connectivity index (χ0v) is 11.6. The fourth-order valence-electron chi connectivity index (χ4n) is 2.86. The molecule has 1 heterocycles. The van der Waals surface area contributed by atoms with Crippen molar-refractivity contribution in [2.24, 2.45) is 5.73 Å². The number of nitrogens with two attached hydrogens (primary N) is 1. The van der Waals surface area contributed by atoms with E-state index in [4.69, 9.17) is 15.2 Å². The minimum Gasteiger partial charge on any atom is -0.347 e. The van der Waals surface area contributed by atoms with Crippen molar-refractivity contribution in [2.75, 3.05) is 13.2 Å². The van der Waals surface area contributed by atoms with Crippen LogP contribution < -0.4 is 5.73 Å². The molecule has 3 rings (SSSR count). The van der Waals surface area contributed by atoms with E-state index >= 15 is 0 Å². The molecular weight excluding hydrogens is 262 g/mol. The summed E-state index contributed by atoms with van der Waals surface area (Å²) < 4.78 is 24.1. The molecule has 1 aromatic rings. The fourth-order valence-corrected chi connectivity index (χ4v) is 4.49. The molecular formula is C14H19NO3S. The lowest BCUT2D eigenvalue weighted by molar-refractivity contribution is -0.177. The van der Waals surface area contributed by atoms with Gasteiger partial charge in [-0.05, 0) is 18.6 Å². The number of hydrogen-bond donors (Lipinski definition) is 1. The van der Waals surface area contributed by atoms with Gasteiger partial charge >= 0.3 is 0 Å². The van der Waals surface area contributed by atoms with Crippen LogP contribution in [-0.4, -0.2) is 34.5 Å². The van der Waals surface area contributed by atoms with Crippen molar-refractivity contribution in [3.63, 3.8) is 0 Å². The van der Waals surface area contributed by atoms with Crippen LogP contribution in [0.4, 0.5) is 0 Å². The van der Waals surface area contributed by atoms with Crippen molar-refractivity contribution in [1.82, 2.24) is 0 Å². The third kappa shape index (κ3) is 2.60. The van der Waals surface area contributed by atoms with Crippen LogP contribution in [0.15, 0.2) is 35.2 Å². The first-order valence-corrected chi connectivity index (χ1v) is 7.91. The quantitative estimate of drug-likeness (QED) is 0.890. The Bertz CT molecular complexity index is 459. The number of rotatable bonds is 2. The van der Waals surface area contributed by atoms with Crippen molar-refractivity contribution in [3.8, 4) is 0 Å². The number of hydrogen-bond acceptors (Lipinski definition) is 4. The lowest BCUT2D eigenvalue weighted by Crippen LogP contribution is -2.50. The molecule has 4 nitrogen and oxygen atoms in total. The molecule has 0 radical (unpaired) electrons. The maximum Gasteiger partial charge on any atom is 0.169 e. The summed E-state index contributed by atoms with van der Waals surface area (Å²) in [6.07, 6.45) is 2.22. The van der Waals surface area contributed by atoms with Crippen molar-refractivity contribution in [2.45, 2.75) is 41.2 Å². The molecule has 104 valence electrons. The topological polar surface area (TPSA) is 61.6 Å². The maximum absolute atomic E-state index is 12.7. The van der Waals surface area contributed by atoms with Crippen molar-refractivity contribution in [3.05, 3.63) is 30.3 Å². The van der Waals surface area contributed by atoms with E-state index < -0.39 is 16.6 Å². The van der Waals surface area contributed by atoms with E-state index in [9.17, 15) is 4.21 Å². The summed E-state index contributed by atoms with van der Waals surface area (Å²) in [5.74, 6) is -0.537. The minimum absolute atomic E-state index is 0.0561. The molecule has 0 bridgehead atoms. The van der Waals surface area contributed by atoms with Gasteiger partial charge in [0.05, 0.1) is 29.3 Å². The highest BCUT2D eigenvalue weighted by Gasteiger charge is 2.46. The molecule has 3 unspecified atom stereocenters. The minimum atomic E-state index is -1.11. The van der Waals surface area contributed by atoms with Gasteiger partial charge < -0.3 is 15.2 Å². The second-order valence-corrected chi connectivity index (χ2v) is 6.83. The molecule has 1 spiro atoms. The van der Waals surface area contributed by atoms with Gasteiger partial charge in [0.1, 0.15) is 0 Å². The molecule has 2 aliphatic rings. The van der Waals surface area contributed by atoms with Crippen LogP contribution in [-0.2, 0) is 20.3 Å². The fraction of sp³-hybridized carbons (Fsp3) is 0.571. The second kappa shape index (κ2) is 5.32. The van der Waals surface area contributed by atoms with Crippen molar-refractivity contribution < 1.29 is 13.7 Å². The summed E-state index contributed by atoms with van der Waals surface area (Å²) in [7, 11) is -1.11. The molecule has 2 N–H and O–H groups in total. The first-order valence-electron chi connectivity index (χ1n) is 6.69. The highest BCUT2D eigenvalue weighted by molar-refractivity contribution is 7.85. The summed E-state index contributed by atoms with van der Waals surface area (Å²) in [6.45, 7) is 1.25. The van der Waals surface area contributed by atoms with Gasteiger partial charge in [0, 0.05) is 23.8 Å². The van der Waals surface area contributed by atoms with E-state index in [1.165, 1.54) is 0 Å². The first-order chi connectivity index (χ1) is 9.20. The van der Waals surface area contributed by atoms with E-state index in [-0.39, 0.29) is 11.3 Å². The third-order valence-electron chi connectivity index (χ3n) is 3.91. The molecule has 3 atom stereocenters. The first kappa shape index (κ1) is 13.2. The van der Waals surface area contributed by atoms with Crippen LogP contribution in [0.2, 0.25) is 0 Å². The Balaban J connectivity index is 1.80. The Labute approximate surface area is 115 Å². The zero-order valence-electron chi connectivity index (χ0n) is 10.8. The molecule has 0 aromatic heterocycles. The summed E-state index contributed by atoms with van der Waals surface area (Å²) in [4.78, 5) is 0.831. The second-order valence-electron chi connectivity index (χ2n) is 5.16. The largest absolute Gasteiger partial charge is 0.347 e. The monoisotopic (exact) mass is 281 g/mol. The molecule has 0 amide bonds. The van der Waals surface area contributed by atoms with Gasteiger partial charge in [0.15, 0.2) is 5.79 Å². The van der Waals surface area contributed by atoms with Crippen LogP contribution in [0, 0.1) is 0 Å². The lowest BCUT2D eigenvalue weighted by atomic mass is 9.90. The lowest BCUT2D eigenvalue weighted by Gasteiger charge is -2.39. The molecule has 1 aliphatic heterocycles. The van der Waals surface area contributed by atoms with Crippen LogP contribution >= 0.6 is 0 Å². The standard InChI is InChI=1S/C14H19NO3S/c15-12-6-7-14(17-8-9-18-14)10-13(12)19(16)11-4-2-1-3-5-11/h1-5,12-13H,6-10,15H2. The molecule has 2 fully saturated rings. The van der Waals surface area contributed by atoms with E-state index in [0.717, 1.165) is 17.7 Å². The van der Waals surface area contributed by atoms with Crippen molar-refractivity contribution >= 4 is 10.8 Å². The van der Waals surface area contributed by atoms with Gasteiger partial charge in [-0.15, -0.1) is 0 Å². The molecule has 1 saturated heterocycles. The smallest absolute Gasteiger partial charge is 0.169 e. The van der Waals surface area contributed by atoms with Gasteiger partial charge in [-0.3, -0.25) is 4.21 Å².